The molecule has 1 fully saturated rings. The van der Waals surface area contributed by atoms with Crippen molar-refractivity contribution in [2.24, 2.45) is 0 Å². The molecule has 1 aliphatic rings. The molecule has 0 bridgehead atoms. The van der Waals surface area contributed by atoms with Crippen LogP contribution in [0.5, 0.6) is 17.2 Å². The number of ether oxygens (including phenoxy) is 3. The Morgan fingerprint density at radius 2 is 1.79 bits per heavy atom. The number of Topliss-reactive ketones (excluding diaryl/α,β-unsaturated/α-hetero) is 1. The van der Waals surface area contributed by atoms with Gasteiger partial charge in [0.25, 0.3) is 11.7 Å². The molecule has 1 saturated heterocycles. The van der Waals surface area contributed by atoms with Gasteiger partial charge in [-0.2, -0.15) is 0 Å². The molecule has 34 heavy (non-hydrogen) atoms. The lowest BCUT2D eigenvalue weighted by atomic mass is 9.92. The number of carbonyl (C=O) groups excluding carboxylic acids is 2. The van der Waals surface area contributed by atoms with Gasteiger partial charge in [0.1, 0.15) is 11.5 Å². The quantitative estimate of drug-likeness (QED) is 0.315. The Kier molecular flexibility index (Phi) is 7.87. The fraction of sp³-hybridized carbons (Fsp3) is 0.407. The molecule has 1 heterocycles. The predicted octanol–water partition coefficient (Wildman–Crippen LogP) is 5.06. The van der Waals surface area contributed by atoms with E-state index in [-0.39, 0.29) is 17.3 Å². The lowest BCUT2D eigenvalue weighted by Crippen LogP contribution is -2.30. The van der Waals surface area contributed by atoms with Gasteiger partial charge in [0.2, 0.25) is 0 Å². The molecular weight excluding hydrogens is 434 g/mol. The smallest absolute Gasteiger partial charge is 0.295 e. The summed E-state index contributed by atoms with van der Waals surface area (Å²) >= 11 is 0. The number of rotatable bonds is 9. The van der Waals surface area contributed by atoms with Gasteiger partial charge in [0.05, 0.1) is 32.4 Å². The minimum atomic E-state index is -0.806. The summed E-state index contributed by atoms with van der Waals surface area (Å²) < 4.78 is 16.8. The number of benzene rings is 2. The number of amides is 1. The first-order chi connectivity index (χ1) is 16.3. The van der Waals surface area contributed by atoms with Crippen LogP contribution in [0.25, 0.3) is 5.76 Å². The van der Waals surface area contributed by atoms with Crippen molar-refractivity contribution in [3.8, 4) is 17.2 Å². The minimum absolute atomic E-state index is 0.0314. The summed E-state index contributed by atoms with van der Waals surface area (Å²) in [7, 11) is 3.03. The second-order valence-electron chi connectivity index (χ2n) is 8.42. The fourth-order valence-corrected chi connectivity index (χ4v) is 4.39. The van der Waals surface area contributed by atoms with Crippen LogP contribution >= 0.6 is 0 Å². The normalized spacial score (nSPS) is 17.4. The SMILES string of the molecule is CCCN1C(=O)C(=O)/C(=C(/O)c2ccc(OCC)c(C(C)C)c2)C1c1cccc(OC)c1OC. The van der Waals surface area contributed by atoms with Crippen molar-refractivity contribution < 1.29 is 28.9 Å². The highest BCUT2D eigenvalue weighted by Gasteiger charge is 2.47. The Morgan fingerprint density at radius 3 is 2.38 bits per heavy atom. The molecule has 0 spiro atoms. The Balaban J connectivity index is 2.27. The predicted molar refractivity (Wildman–Crippen MR) is 131 cm³/mol. The van der Waals surface area contributed by atoms with E-state index in [1.807, 2.05) is 33.8 Å². The molecule has 0 saturated carbocycles. The number of nitrogens with zero attached hydrogens (tertiary/aromatic N) is 1. The van der Waals surface area contributed by atoms with Gasteiger partial charge >= 0.3 is 0 Å². The van der Waals surface area contributed by atoms with Gasteiger partial charge in [-0.25, -0.2) is 0 Å². The van der Waals surface area contributed by atoms with E-state index in [4.69, 9.17) is 14.2 Å². The van der Waals surface area contributed by atoms with Crippen molar-refractivity contribution in [2.45, 2.75) is 46.1 Å². The number of methoxy groups -OCH3 is 2. The van der Waals surface area contributed by atoms with Crippen molar-refractivity contribution in [1.29, 1.82) is 0 Å². The molecule has 2 aromatic carbocycles. The van der Waals surface area contributed by atoms with Gasteiger partial charge in [-0.15, -0.1) is 0 Å². The Morgan fingerprint density at radius 1 is 1.06 bits per heavy atom. The zero-order valence-corrected chi connectivity index (χ0v) is 20.7. The van der Waals surface area contributed by atoms with Gasteiger partial charge in [-0.1, -0.05) is 32.9 Å². The van der Waals surface area contributed by atoms with E-state index in [1.165, 1.54) is 19.1 Å². The van der Waals surface area contributed by atoms with Gasteiger partial charge in [-0.05, 0) is 49.1 Å². The first-order valence-corrected chi connectivity index (χ1v) is 11.6. The molecule has 1 unspecified atom stereocenters. The number of hydrogen-bond acceptors (Lipinski definition) is 6. The van der Waals surface area contributed by atoms with Gasteiger partial charge in [0.15, 0.2) is 11.5 Å². The summed E-state index contributed by atoms with van der Waals surface area (Å²) in [4.78, 5) is 27.7. The van der Waals surface area contributed by atoms with Gasteiger partial charge in [-0.3, -0.25) is 9.59 Å². The van der Waals surface area contributed by atoms with E-state index in [9.17, 15) is 14.7 Å². The van der Waals surface area contributed by atoms with E-state index in [0.717, 1.165) is 11.3 Å². The first kappa shape index (κ1) is 25.1. The number of ketones is 1. The number of para-hydroxylation sites is 1. The van der Waals surface area contributed by atoms with Crippen LogP contribution in [0.15, 0.2) is 42.0 Å². The third kappa shape index (κ3) is 4.47. The van der Waals surface area contributed by atoms with Crippen molar-refractivity contribution >= 4 is 17.4 Å². The Hall–Kier alpha value is -3.48. The van der Waals surface area contributed by atoms with Crippen LogP contribution in [0.4, 0.5) is 0 Å². The Bertz CT molecular complexity index is 1100. The second kappa shape index (κ2) is 10.6. The average Bonchev–Trinajstić information content (AvgIpc) is 3.08. The summed E-state index contributed by atoms with van der Waals surface area (Å²) in [6.07, 6.45) is 0.649. The third-order valence-electron chi connectivity index (χ3n) is 5.94. The van der Waals surface area contributed by atoms with Crippen LogP contribution in [0.1, 0.15) is 62.8 Å². The molecule has 3 rings (SSSR count). The summed E-state index contributed by atoms with van der Waals surface area (Å²) in [6.45, 7) is 8.77. The number of hydrogen-bond donors (Lipinski definition) is 1. The highest BCUT2D eigenvalue weighted by atomic mass is 16.5. The second-order valence-corrected chi connectivity index (χ2v) is 8.42. The summed E-state index contributed by atoms with van der Waals surface area (Å²) in [5.74, 6) is 0.159. The molecular formula is C27H33NO6. The maximum atomic E-state index is 13.2. The lowest BCUT2D eigenvalue weighted by molar-refractivity contribution is -0.139. The molecule has 0 aliphatic carbocycles. The summed E-state index contributed by atoms with van der Waals surface area (Å²) in [5, 5.41) is 11.4. The molecule has 7 heteroatoms. The van der Waals surface area contributed by atoms with Crippen molar-refractivity contribution in [1.82, 2.24) is 4.90 Å². The molecule has 2 aromatic rings. The van der Waals surface area contributed by atoms with E-state index in [0.29, 0.717) is 42.2 Å². The topological polar surface area (TPSA) is 85.3 Å². The van der Waals surface area contributed by atoms with Crippen molar-refractivity contribution in [3.63, 3.8) is 0 Å². The van der Waals surface area contributed by atoms with Crippen LogP contribution in [0.2, 0.25) is 0 Å². The van der Waals surface area contributed by atoms with Crippen LogP contribution in [0.3, 0.4) is 0 Å². The first-order valence-electron chi connectivity index (χ1n) is 11.6. The van der Waals surface area contributed by atoms with E-state index >= 15 is 0 Å². The van der Waals surface area contributed by atoms with Crippen molar-refractivity contribution in [2.75, 3.05) is 27.4 Å². The van der Waals surface area contributed by atoms with E-state index < -0.39 is 17.7 Å². The van der Waals surface area contributed by atoms with E-state index in [2.05, 4.69) is 0 Å². The number of carbonyl (C=O) groups is 2. The molecule has 0 aromatic heterocycles. The number of aliphatic hydroxyl groups excluding tert-OH is 1. The number of likely N-dealkylation sites (tertiary alicyclic amines) is 1. The highest BCUT2D eigenvalue weighted by molar-refractivity contribution is 6.46. The van der Waals surface area contributed by atoms with Gasteiger partial charge in [0, 0.05) is 17.7 Å². The molecule has 1 atom stereocenters. The molecule has 1 aliphatic heterocycles. The largest absolute Gasteiger partial charge is 0.507 e. The molecule has 1 amide bonds. The highest BCUT2D eigenvalue weighted by Crippen LogP contribution is 2.45. The maximum absolute atomic E-state index is 13.2. The van der Waals surface area contributed by atoms with Crippen LogP contribution in [0, 0.1) is 0 Å². The van der Waals surface area contributed by atoms with Crippen molar-refractivity contribution in [3.05, 3.63) is 58.7 Å². The molecule has 7 nitrogen and oxygen atoms in total. The maximum Gasteiger partial charge on any atom is 0.295 e. The molecule has 1 N–H and O–H groups in total. The van der Waals surface area contributed by atoms with Crippen LogP contribution in [-0.4, -0.2) is 49.1 Å². The average molecular weight is 468 g/mol. The lowest BCUT2D eigenvalue weighted by Gasteiger charge is -2.27. The van der Waals surface area contributed by atoms with Gasteiger partial charge < -0.3 is 24.2 Å². The zero-order chi connectivity index (χ0) is 25.0. The number of aliphatic hydroxyl groups is 1. The third-order valence-corrected chi connectivity index (χ3v) is 5.94. The molecule has 182 valence electrons. The minimum Gasteiger partial charge on any atom is -0.507 e. The Labute approximate surface area is 200 Å². The monoisotopic (exact) mass is 467 g/mol. The van der Waals surface area contributed by atoms with E-state index in [1.54, 1.807) is 30.3 Å². The van der Waals surface area contributed by atoms with Crippen LogP contribution < -0.4 is 14.2 Å². The zero-order valence-electron chi connectivity index (χ0n) is 20.7. The fourth-order valence-electron chi connectivity index (χ4n) is 4.39. The summed E-state index contributed by atoms with van der Waals surface area (Å²) in [5.41, 5.74) is 1.97. The van der Waals surface area contributed by atoms with Crippen LogP contribution in [-0.2, 0) is 9.59 Å². The summed E-state index contributed by atoms with van der Waals surface area (Å²) in [6, 6.07) is 9.81. The molecule has 0 radical (unpaired) electrons. The standard InChI is InChI=1S/C27H33NO6/c1-7-14-28-23(18-10-9-11-21(32-5)26(18)33-6)22(25(30)27(28)31)24(29)17-12-13-20(34-8-2)19(15-17)16(3)4/h9-13,15-16,23,29H,7-8,14H2,1-6H3/b24-22+.